The van der Waals surface area contributed by atoms with Crippen molar-refractivity contribution in [3.63, 3.8) is 0 Å². The van der Waals surface area contributed by atoms with Gasteiger partial charge < -0.3 is 0 Å². The van der Waals surface area contributed by atoms with E-state index in [1.165, 1.54) is 0 Å². The molecule has 0 N–H and O–H groups in total. The maximum atomic E-state index is 13.3. The van der Waals surface area contributed by atoms with Crippen molar-refractivity contribution in [1.29, 1.82) is 0 Å². The predicted octanol–water partition coefficient (Wildman–Crippen LogP) is 5.47. The number of allylic oxidation sites excluding steroid dienone is 2. The fourth-order valence-electron chi connectivity index (χ4n) is 4.58. The highest BCUT2D eigenvalue weighted by molar-refractivity contribution is 6.07. The third kappa shape index (κ3) is 3.30. The second kappa shape index (κ2) is 6.73. The maximum absolute atomic E-state index is 13.3. The van der Waals surface area contributed by atoms with E-state index in [4.69, 9.17) is 0 Å². The largest absolute Gasteiger partial charge is 0.294 e. The smallest absolute Gasteiger partial charge is 0.232 e. The Labute approximate surface area is 167 Å². The highest BCUT2D eigenvalue weighted by atomic mass is 16.2. The molecule has 4 rings (SSSR count). The van der Waals surface area contributed by atoms with Crippen LogP contribution in [0.15, 0.2) is 59.8 Å². The summed E-state index contributed by atoms with van der Waals surface area (Å²) in [6, 6.07) is 16.2. The molecule has 0 fully saturated rings. The zero-order chi connectivity index (χ0) is 20.1. The molecule has 0 saturated heterocycles. The minimum atomic E-state index is -0.146. The Morgan fingerprint density at radius 3 is 2.32 bits per heavy atom. The van der Waals surface area contributed by atoms with Gasteiger partial charge in [0.2, 0.25) is 5.91 Å². The lowest BCUT2D eigenvalue weighted by molar-refractivity contribution is -0.121. The first kappa shape index (κ1) is 18.7. The summed E-state index contributed by atoms with van der Waals surface area (Å²) in [5.41, 5.74) is 5.82. The molecule has 144 valence electrons. The summed E-state index contributed by atoms with van der Waals surface area (Å²) < 4.78 is 0. The first-order chi connectivity index (χ1) is 13.2. The van der Waals surface area contributed by atoms with Crippen molar-refractivity contribution in [3.8, 4) is 0 Å². The van der Waals surface area contributed by atoms with Crippen molar-refractivity contribution < 1.29 is 9.59 Å². The van der Waals surface area contributed by atoms with E-state index >= 15 is 0 Å². The van der Waals surface area contributed by atoms with Gasteiger partial charge in [0, 0.05) is 35.7 Å². The van der Waals surface area contributed by atoms with Crippen LogP contribution in [-0.4, -0.2) is 11.7 Å². The van der Waals surface area contributed by atoms with Gasteiger partial charge in [-0.05, 0) is 43.4 Å². The van der Waals surface area contributed by atoms with Gasteiger partial charge in [0.15, 0.2) is 5.78 Å². The maximum Gasteiger partial charge on any atom is 0.232 e. The number of nitrogens with zero attached hydrogens (tertiary/aromatic N) is 1. The first-order valence-corrected chi connectivity index (χ1v) is 9.98. The minimum absolute atomic E-state index is 0.0691. The number of amides is 1. The van der Waals surface area contributed by atoms with Crippen LogP contribution in [-0.2, 0) is 9.59 Å². The fourth-order valence-corrected chi connectivity index (χ4v) is 4.58. The Kier molecular flexibility index (Phi) is 4.49. The molecule has 1 heterocycles. The number of Topliss-reactive ketones (excluding diaryl/α,β-unsaturated/α-hetero) is 1. The summed E-state index contributed by atoms with van der Waals surface area (Å²) in [6.45, 7) is 8.31. The number of hydrogen-bond acceptors (Lipinski definition) is 2. The number of rotatable bonds is 2. The van der Waals surface area contributed by atoms with Gasteiger partial charge in [-0.2, -0.15) is 0 Å². The molecule has 1 aliphatic heterocycles. The Balaban J connectivity index is 1.89. The van der Waals surface area contributed by atoms with E-state index in [1.807, 2.05) is 56.3 Å². The van der Waals surface area contributed by atoms with E-state index in [1.54, 1.807) is 4.90 Å². The molecule has 1 unspecified atom stereocenters. The zero-order valence-electron chi connectivity index (χ0n) is 17.1. The topological polar surface area (TPSA) is 37.4 Å². The average molecular weight is 373 g/mol. The summed E-state index contributed by atoms with van der Waals surface area (Å²) in [4.78, 5) is 28.4. The molecule has 28 heavy (non-hydrogen) atoms. The van der Waals surface area contributed by atoms with Crippen LogP contribution in [0.5, 0.6) is 0 Å². The molecule has 1 aliphatic carbocycles. The van der Waals surface area contributed by atoms with Gasteiger partial charge in [0.1, 0.15) is 0 Å². The molecule has 0 saturated carbocycles. The van der Waals surface area contributed by atoms with Crippen LogP contribution in [0, 0.1) is 19.3 Å². The molecule has 2 aromatic carbocycles. The average Bonchev–Trinajstić information content (AvgIpc) is 2.61. The van der Waals surface area contributed by atoms with Crippen LogP contribution in [0.25, 0.3) is 0 Å². The van der Waals surface area contributed by atoms with Crippen molar-refractivity contribution >= 4 is 17.4 Å². The van der Waals surface area contributed by atoms with Gasteiger partial charge in [0.25, 0.3) is 0 Å². The van der Waals surface area contributed by atoms with Gasteiger partial charge in [-0.1, -0.05) is 61.4 Å². The van der Waals surface area contributed by atoms with E-state index < -0.39 is 0 Å². The Hall–Kier alpha value is -2.68. The monoisotopic (exact) mass is 373 g/mol. The van der Waals surface area contributed by atoms with Crippen molar-refractivity contribution in [2.24, 2.45) is 5.41 Å². The first-order valence-electron chi connectivity index (χ1n) is 9.98. The number of ketones is 1. The minimum Gasteiger partial charge on any atom is -0.294 e. The predicted molar refractivity (Wildman–Crippen MR) is 112 cm³/mol. The van der Waals surface area contributed by atoms with Gasteiger partial charge in [-0.15, -0.1) is 0 Å². The number of carbonyl (C=O) groups is 2. The summed E-state index contributed by atoms with van der Waals surface area (Å²) in [6.07, 6.45) is 1.60. The van der Waals surface area contributed by atoms with E-state index in [0.717, 1.165) is 40.1 Å². The van der Waals surface area contributed by atoms with Crippen LogP contribution >= 0.6 is 0 Å². The quantitative estimate of drug-likeness (QED) is 0.700. The molecule has 1 amide bonds. The van der Waals surface area contributed by atoms with Crippen LogP contribution < -0.4 is 4.90 Å². The van der Waals surface area contributed by atoms with Gasteiger partial charge in [-0.3, -0.25) is 14.5 Å². The number of benzene rings is 2. The van der Waals surface area contributed by atoms with Crippen LogP contribution in [0.1, 0.15) is 55.7 Å². The normalized spacial score (nSPS) is 21.7. The van der Waals surface area contributed by atoms with Crippen LogP contribution in [0.4, 0.5) is 5.69 Å². The van der Waals surface area contributed by atoms with E-state index in [-0.39, 0.29) is 23.0 Å². The van der Waals surface area contributed by atoms with Crippen molar-refractivity contribution in [2.45, 2.75) is 52.9 Å². The number of anilines is 1. The highest BCUT2D eigenvalue weighted by Crippen LogP contribution is 2.48. The van der Waals surface area contributed by atoms with Crippen LogP contribution in [0.2, 0.25) is 0 Å². The molecular formula is C25H27NO2. The molecular weight excluding hydrogens is 346 g/mol. The Bertz CT molecular complexity index is 982. The third-order valence-corrected chi connectivity index (χ3v) is 5.88. The Morgan fingerprint density at radius 1 is 0.929 bits per heavy atom. The van der Waals surface area contributed by atoms with Gasteiger partial charge in [-0.25, -0.2) is 0 Å². The van der Waals surface area contributed by atoms with E-state index in [9.17, 15) is 9.59 Å². The SMILES string of the molecule is Cc1ccc(N2C(=O)CC(c3cccc(C)c3)C3=C2CC(C)(C)CC3=O)cc1. The number of hydrogen-bond donors (Lipinski definition) is 0. The van der Waals surface area contributed by atoms with Crippen molar-refractivity contribution in [2.75, 3.05) is 4.90 Å². The zero-order valence-corrected chi connectivity index (χ0v) is 17.1. The number of carbonyl (C=O) groups excluding carboxylic acids is 2. The van der Waals surface area contributed by atoms with E-state index in [2.05, 4.69) is 19.9 Å². The Morgan fingerprint density at radius 2 is 1.64 bits per heavy atom. The summed E-state index contributed by atoms with van der Waals surface area (Å²) in [7, 11) is 0. The van der Waals surface area contributed by atoms with Gasteiger partial charge in [0.05, 0.1) is 0 Å². The van der Waals surface area contributed by atoms with Crippen LogP contribution in [0.3, 0.4) is 0 Å². The summed E-state index contributed by atoms with van der Waals surface area (Å²) >= 11 is 0. The highest BCUT2D eigenvalue weighted by Gasteiger charge is 2.44. The lowest BCUT2D eigenvalue weighted by atomic mass is 9.69. The standard InChI is InChI=1S/C25H27NO2/c1-16-8-10-19(11-9-16)26-21-14-25(3,4)15-22(27)24(21)20(13-23(26)28)18-7-5-6-17(2)12-18/h5-12,20H,13-15H2,1-4H3. The lowest BCUT2D eigenvalue weighted by Crippen LogP contribution is -2.43. The number of aryl methyl sites for hydroxylation is 2. The summed E-state index contributed by atoms with van der Waals surface area (Å²) in [5, 5.41) is 0. The molecule has 0 spiro atoms. The molecule has 0 aromatic heterocycles. The molecule has 3 heteroatoms. The lowest BCUT2D eigenvalue weighted by Gasteiger charge is -2.43. The van der Waals surface area contributed by atoms with E-state index in [0.29, 0.717) is 12.8 Å². The molecule has 1 atom stereocenters. The molecule has 0 bridgehead atoms. The second-order valence-electron chi connectivity index (χ2n) is 9.04. The molecule has 2 aliphatic rings. The summed E-state index contributed by atoms with van der Waals surface area (Å²) in [5.74, 6) is 0.106. The van der Waals surface area contributed by atoms with Gasteiger partial charge >= 0.3 is 0 Å². The molecule has 0 radical (unpaired) electrons. The van der Waals surface area contributed by atoms with Crippen molar-refractivity contribution in [1.82, 2.24) is 0 Å². The third-order valence-electron chi connectivity index (χ3n) is 5.88. The molecule has 2 aromatic rings. The van der Waals surface area contributed by atoms with Crippen molar-refractivity contribution in [3.05, 3.63) is 76.5 Å². The fraction of sp³-hybridized carbons (Fsp3) is 0.360. The second-order valence-corrected chi connectivity index (χ2v) is 9.04. The molecule has 3 nitrogen and oxygen atoms in total.